The average molecular weight is 487 g/mol. The number of carboxylic acid groups (broad SMARTS) is 1. The smallest absolute Gasteiger partial charge is 0.335 e. The number of aromatic amines is 1. The third-order valence-corrected chi connectivity index (χ3v) is 5.92. The molecule has 180 valence electrons. The van der Waals surface area contributed by atoms with Crippen molar-refractivity contribution in [3.05, 3.63) is 94.8 Å². The van der Waals surface area contributed by atoms with Crippen molar-refractivity contribution in [2.45, 2.75) is 6.04 Å². The number of benzene rings is 3. The highest BCUT2D eigenvalue weighted by Gasteiger charge is 2.48. The highest BCUT2D eigenvalue weighted by atomic mass is 19.1. The number of Topliss-reactive ketones (excluding diaryl/α,β-unsaturated/α-hetero) is 1. The number of carbonyl (C=O) groups excluding carboxylic acids is 2. The van der Waals surface area contributed by atoms with E-state index in [0.29, 0.717) is 22.3 Å². The van der Waals surface area contributed by atoms with E-state index in [0.717, 1.165) is 17.0 Å². The number of amides is 1. The van der Waals surface area contributed by atoms with Crippen LogP contribution in [0.4, 0.5) is 10.3 Å². The lowest BCUT2D eigenvalue weighted by molar-refractivity contribution is -0.132. The van der Waals surface area contributed by atoms with Gasteiger partial charge in [0.05, 0.1) is 35.3 Å². The molecule has 1 aliphatic heterocycles. The zero-order chi connectivity index (χ0) is 25.6. The van der Waals surface area contributed by atoms with E-state index in [2.05, 4.69) is 9.97 Å². The van der Waals surface area contributed by atoms with Gasteiger partial charge in [0.2, 0.25) is 5.95 Å². The Labute approximate surface area is 203 Å². The Morgan fingerprint density at radius 1 is 1.03 bits per heavy atom. The normalized spacial score (nSPS) is 17.1. The number of aliphatic hydroxyl groups excluding tert-OH is 1. The van der Waals surface area contributed by atoms with E-state index < -0.39 is 35.3 Å². The minimum atomic E-state index is -1.14. The SMILES string of the molecule is COc1cccc(C2/C(=C(\O)c3ccc(F)cc3)C(=O)C(=O)N2c2nc3ccc(C(=O)O)cc3[nH]2)c1. The first kappa shape index (κ1) is 22.8. The van der Waals surface area contributed by atoms with Crippen molar-refractivity contribution in [2.75, 3.05) is 12.0 Å². The molecule has 1 saturated heterocycles. The second-order valence-corrected chi connectivity index (χ2v) is 8.05. The van der Waals surface area contributed by atoms with Gasteiger partial charge in [0.1, 0.15) is 17.3 Å². The standard InChI is InChI=1S/C26H18FN3O6/c1-36-17-4-2-3-14(11-17)21-20(22(31)13-5-8-16(27)9-6-13)23(32)24(33)30(21)26-28-18-10-7-15(25(34)35)12-19(18)29-26/h2-12,21,31H,1H3,(H,28,29)(H,34,35)/b22-20+. The summed E-state index contributed by atoms with van der Waals surface area (Å²) in [6.45, 7) is 0. The van der Waals surface area contributed by atoms with Crippen LogP contribution in [0.3, 0.4) is 0 Å². The number of imidazole rings is 1. The van der Waals surface area contributed by atoms with Gasteiger partial charge in [0, 0.05) is 5.56 Å². The second-order valence-electron chi connectivity index (χ2n) is 8.05. The summed E-state index contributed by atoms with van der Waals surface area (Å²) in [5.41, 5.74) is 1.11. The molecule has 2 heterocycles. The van der Waals surface area contributed by atoms with Crippen molar-refractivity contribution >= 4 is 40.4 Å². The number of carboxylic acids is 1. The first-order valence-electron chi connectivity index (χ1n) is 10.7. The van der Waals surface area contributed by atoms with Crippen LogP contribution >= 0.6 is 0 Å². The number of hydrogen-bond acceptors (Lipinski definition) is 6. The molecular formula is C26H18FN3O6. The zero-order valence-corrected chi connectivity index (χ0v) is 18.7. The highest BCUT2D eigenvalue weighted by molar-refractivity contribution is 6.51. The summed E-state index contributed by atoms with van der Waals surface area (Å²) >= 11 is 0. The summed E-state index contributed by atoms with van der Waals surface area (Å²) in [6.07, 6.45) is 0. The molecule has 5 rings (SSSR count). The van der Waals surface area contributed by atoms with Crippen LogP contribution in [0.5, 0.6) is 5.75 Å². The summed E-state index contributed by atoms with van der Waals surface area (Å²) in [4.78, 5) is 46.3. The number of ether oxygens (including phenoxy) is 1. The number of nitrogens with zero attached hydrogens (tertiary/aromatic N) is 2. The molecule has 36 heavy (non-hydrogen) atoms. The zero-order valence-electron chi connectivity index (χ0n) is 18.7. The van der Waals surface area contributed by atoms with Gasteiger partial charge in [-0.05, 0) is 60.2 Å². The lowest BCUT2D eigenvalue weighted by Crippen LogP contribution is -2.30. The molecule has 1 aliphatic rings. The Morgan fingerprint density at radius 3 is 2.44 bits per heavy atom. The third-order valence-electron chi connectivity index (χ3n) is 5.92. The number of methoxy groups -OCH3 is 1. The molecule has 1 fully saturated rings. The molecule has 9 nitrogen and oxygen atoms in total. The number of hydrogen-bond donors (Lipinski definition) is 3. The number of H-pyrrole nitrogens is 1. The number of aromatic carboxylic acids is 1. The van der Waals surface area contributed by atoms with E-state index in [1.54, 1.807) is 24.3 Å². The van der Waals surface area contributed by atoms with Gasteiger partial charge >= 0.3 is 11.9 Å². The fourth-order valence-corrected chi connectivity index (χ4v) is 4.18. The predicted octanol–water partition coefficient (Wildman–Crippen LogP) is 4.04. The number of nitrogens with one attached hydrogen (secondary N) is 1. The first-order chi connectivity index (χ1) is 17.3. The molecule has 0 aliphatic carbocycles. The van der Waals surface area contributed by atoms with E-state index in [-0.39, 0.29) is 22.6 Å². The largest absolute Gasteiger partial charge is 0.507 e. The quantitative estimate of drug-likeness (QED) is 0.220. The Morgan fingerprint density at radius 2 is 1.75 bits per heavy atom. The topological polar surface area (TPSA) is 133 Å². The van der Waals surface area contributed by atoms with Crippen LogP contribution in [0.2, 0.25) is 0 Å². The minimum Gasteiger partial charge on any atom is -0.507 e. The summed E-state index contributed by atoms with van der Waals surface area (Å²) in [5, 5.41) is 20.4. The number of fused-ring (bicyclic) bond motifs is 1. The second kappa shape index (κ2) is 8.66. The maximum atomic E-state index is 13.5. The Hall–Kier alpha value is -4.99. The molecule has 1 amide bonds. The number of ketones is 1. The van der Waals surface area contributed by atoms with Gasteiger partial charge in [0.15, 0.2) is 0 Å². The number of rotatable bonds is 5. The first-order valence-corrected chi connectivity index (χ1v) is 10.7. The fraction of sp³-hybridized carbons (Fsp3) is 0.0769. The van der Waals surface area contributed by atoms with Crippen molar-refractivity contribution in [2.24, 2.45) is 0 Å². The minimum absolute atomic E-state index is 0.0133. The lowest BCUT2D eigenvalue weighted by atomic mass is 9.95. The van der Waals surface area contributed by atoms with Crippen LogP contribution in [0, 0.1) is 5.82 Å². The molecule has 1 atom stereocenters. The van der Waals surface area contributed by atoms with Crippen molar-refractivity contribution in [1.82, 2.24) is 9.97 Å². The van der Waals surface area contributed by atoms with Crippen LogP contribution in [0.15, 0.2) is 72.3 Å². The number of aromatic nitrogens is 2. The van der Waals surface area contributed by atoms with E-state index in [1.165, 1.54) is 37.4 Å². The highest BCUT2D eigenvalue weighted by Crippen LogP contribution is 2.42. The number of aliphatic hydroxyl groups is 1. The fourth-order valence-electron chi connectivity index (χ4n) is 4.18. The predicted molar refractivity (Wildman–Crippen MR) is 127 cm³/mol. The van der Waals surface area contributed by atoms with Gasteiger partial charge in [-0.2, -0.15) is 0 Å². The van der Waals surface area contributed by atoms with Gasteiger partial charge in [-0.25, -0.2) is 14.2 Å². The molecule has 0 spiro atoms. The van der Waals surface area contributed by atoms with E-state index in [9.17, 15) is 29.0 Å². The average Bonchev–Trinajstić information content (AvgIpc) is 3.41. The van der Waals surface area contributed by atoms with Gasteiger partial charge in [-0.15, -0.1) is 0 Å². The van der Waals surface area contributed by atoms with Gasteiger partial charge in [0.25, 0.3) is 5.78 Å². The van der Waals surface area contributed by atoms with E-state index in [1.807, 2.05) is 0 Å². The Kier molecular flexibility index (Phi) is 5.48. The van der Waals surface area contributed by atoms with Crippen molar-refractivity contribution in [3.8, 4) is 5.75 Å². The van der Waals surface area contributed by atoms with E-state index >= 15 is 0 Å². The molecule has 1 unspecified atom stereocenters. The maximum Gasteiger partial charge on any atom is 0.335 e. The van der Waals surface area contributed by atoms with E-state index in [4.69, 9.17) is 4.74 Å². The van der Waals surface area contributed by atoms with Crippen LogP contribution in [-0.4, -0.2) is 45.0 Å². The van der Waals surface area contributed by atoms with Gasteiger partial charge in [-0.3, -0.25) is 14.5 Å². The molecule has 4 aromatic rings. The van der Waals surface area contributed by atoms with Crippen LogP contribution in [-0.2, 0) is 9.59 Å². The lowest BCUT2D eigenvalue weighted by Gasteiger charge is -2.23. The van der Waals surface area contributed by atoms with Crippen LogP contribution in [0.25, 0.3) is 16.8 Å². The van der Waals surface area contributed by atoms with Gasteiger partial charge in [-0.1, -0.05) is 12.1 Å². The molecule has 3 N–H and O–H groups in total. The number of anilines is 1. The Bertz CT molecular complexity index is 1570. The monoisotopic (exact) mass is 487 g/mol. The number of carbonyl (C=O) groups is 3. The summed E-state index contributed by atoms with van der Waals surface area (Å²) in [6, 6.07) is 14.6. The molecule has 10 heteroatoms. The summed E-state index contributed by atoms with van der Waals surface area (Å²) < 4.78 is 18.8. The van der Waals surface area contributed by atoms with Crippen molar-refractivity contribution < 1.29 is 33.7 Å². The van der Waals surface area contributed by atoms with Crippen LogP contribution < -0.4 is 9.64 Å². The molecule has 3 aromatic carbocycles. The molecule has 0 bridgehead atoms. The van der Waals surface area contributed by atoms with Crippen molar-refractivity contribution in [1.29, 1.82) is 0 Å². The molecule has 0 saturated carbocycles. The Balaban J connectivity index is 1.72. The maximum absolute atomic E-state index is 13.5. The molecule has 1 aromatic heterocycles. The third kappa shape index (κ3) is 3.74. The summed E-state index contributed by atoms with van der Waals surface area (Å²) in [5.74, 6) is -3.62. The van der Waals surface area contributed by atoms with Gasteiger partial charge < -0.3 is 19.9 Å². The van der Waals surface area contributed by atoms with Crippen molar-refractivity contribution in [3.63, 3.8) is 0 Å². The number of halogens is 1. The summed E-state index contributed by atoms with van der Waals surface area (Å²) in [7, 11) is 1.47. The molecular weight excluding hydrogens is 469 g/mol. The van der Waals surface area contributed by atoms with Crippen LogP contribution in [0.1, 0.15) is 27.5 Å². The molecule has 0 radical (unpaired) electrons.